The van der Waals surface area contributed by atoms with Crippen LogP contribution in [0.3, 0.4) is 0 Å². The number of rotatable bonds is 6. The van der Waals surface area contributed by atoms with E-state index in [2.05, 4.69) is 4.72 Å². The number of ketones is 1. The summed E-state index contributed by atoms with van der Waals surface area (Å²) in [5.41, 5.74) is 1.93. The van der Waals surface area contributed by atoms with Gasteiger partial charge in [-0.3, -0.25) is 9.52 Å². The molecule has 0 aliphatic heterocycles. The summed E-state index contributed by atoms with van der Waals surface area (Å²) in [7, 11) is -3.37. The average Bonchev–Trinajstić information content (AvgIpc) is 3.03. The van der Waals surface area contributed by atoms with Gasteiger partial charge in [0.1, 0.15) is 4.88 Å². The molecule has 1 aromatic heterocycles. The maximum atomic E-state index is 12.2. The molecule has 3 rings (SSSR count). The van der Waals surface area contributed by atoms with Crippen molar-refractivity contribution in [1.82, 2.24) is 0 Å². The Kier molecular flexibility index (Phi) is 5.43. The number of Topliss-reactive ketones (excluding diaryl/α,β-unsaturated/α-hetero) is 1. The van der Waals surface area contributed by atoms with E-state index in [1.54, 1.807) is 0 Å². The molecule has 2 aromatic rings. The zero-order valence-electron chi connectivity index (χ0n) is 14.3. The second-order valence-corrected chi connectivity index (χ2v) is 9.10. The number of fused-ring (bicyclic) bond motifs is 1. The Morgan fingerprint density at radius 3 is 2.50 bits per heavy atom. The van der Waals surface area contributed by atoms with Crippen LogP contribution in [0.4, 0.5) is 5.69 Å². The van der Waals surface area contributed by atoms with Gasteiger partial charge < -0.3 is 4.74 Å². The highest BCUT2D eigenvalue weighted by atomic mass is 32.2. The maximum Gasteiger partial charge on any atom is 0.348 e. The topological polar surface area (TPSA) is 89.5 Å². The molecule has 0 unspecified atom stereocenters. The Hall–Kier alpha value is -2.19. The van der Waals surface area contributed by atoms with Crippen molar-refractivity contribution in [2.45, 2.75) is 25.7 Å². The first kappa shape index (κ1) is 18.6. The molecule has 0 spiro atoms. The molecule has 26 heavy (non-hydrogen) atoms. The molecule has 1 aliphatic rings. The van der Waals surface area contributed by atoms with E-state index < -0.39 is 16.0 Å². The van der Waals surface area contributed by atoms with Gasteiger partial charge in [-0.15, -0.1) is 11.3 Å². The molecule has 8 heteroatoms. The van der Waals surface area contributed by atoms with Gasteiger partial charge >= 0.3 is 5.97 Å². The standard InChI is InChI=1S/C18H19NO5S2/c1-26(22,23)19-14-8-6-12(7-9-14)15(20)11-24-18(21)17-10-13-4-2-3-5-16(13)25-17/h6-10,19H,2-5,11H2,1H3. The monoisotopic (exact) mass is 393 g/mol. The molecular weight excluding hydrogens is 374 g/mol. The highest BCUT2D eigenvalue weighted by Crippen LogP contribution is 2.30. The molecule has 138 valence electrons. The second-order valence-electron chi connectivity index (χ2n) is 6.22. The largest absolute Gasteiger partial charge is 0.453 e. The van der Waals surface area contributed by atoms with Crippen LogP contribution >= 0.6 is 11.3 Å². The Labute approximate surface area is 156 Å². The van der Waals surface area contributed by atoms with Crippen molar-refractivity contribution >= 4 is 38.8 Å². The molecule has 0 atom stereocenters. The number of aryl methyl sites for hydroxylation is 2. The molecule has 1 aliphatic carbocycles. The number of nitrogens with one attached hydrogen (secondary N) is 1. The van der Waals surface area contributed by atoms with Crippen molar-refractivity contribution in [3.05, 3.63) is 51.2 Å². The molecule has 1 heterocycles. The molecular formula is C18H19NO5S2. The van der Waals surface area contributed by atoms with Crippen molar-refractivity contribution in [2.24, 2.45) is 0 Å². The third-order valence-electron chi connectivity index (χ3n) is 4.04. The van der Waals surface area contributed by atoms with E-state index in [0.29, 0.717) is 16.1 Å². The van der Waals surface area contributed by atoms with Crippen LogP contribution in [0.15, 0.2) is 30.3 Å². The van der Waals surface area contributed by atoms with Crippen molar-refractivity contribution in [3.8, 4) is 0 Å². The number of esters is 1. The number of ether oxygens (including phenoxy) is 1. The Morgan fingerprint density at radius 1 is 1.15 bits per heavy atom. The highest BCUT2D eigenvalue weighted by Gasteiger charge is 2.19. The molecule has 0 bridgehead atoms. The van der Waals surface area contributed by atoms with Crippen LogP contribution in [0.2, 0.25) is 0 Å². The van der Waals surface area contributed by atoms with Crippen LogP contribution in [-0.2, 0) is 27.6 Å². The predicted molar refractivity (Wildman–Crippen MR) is 100 cm³/mol. The summed E-state index contributed by atoms with van der Waals surface area (Å²) in [5, 5.41) is 0. The highest BCUT2D eigenvalue weighted by molar-refractivity contribution is 7.92. The third-order valence-corrected chi connectivity index (χ3v) is 5.87. The lowest BCUT2D eigenvalue weighted by molar-refractivity contribution is 0.0479. The summed E-state index contributed by atoms with van der Waals surface area (Å²) in [6.07, 6.45) is 5.32. The van der Waals surface area contributed by atoms with Crippen molar-refractivity contribution in [1.29, 1.82) is 0 Å². The van der Waals surface area contributed by atoms with E-state index in [4.69, 9.17) is 4.74 Å². The summed E-state index contributed by atoms with van der Waals surface area (Å²) in [6.45, 7) is -0.347. The minimum Gasteiger partial charge on any atom is -0.453 e. The van der Waals surface area contributed by atoms with Crippen LogP contribution in [0.5, 0.6) is 0 Å². The van der Waals surface area contributed by atoms with E-state index in [1.165, 1.54) is 46.0 Å². The fourth-order valence-electron chi connectivity index (χ4n) is 2.82. The summed E-state index contributed by atoms with van der Waals surface area (Å²) < 4.78 is 29.8. The van der Waals surface area contributed by atoms with Crippen LogP contribution in [0.1, 0.15) is 43.3 Å². The van der Waals surface area contributed by atoms with Gasteiger partial charge in [0, 0.05) is 16.1 Å². The van der Waals surface area contributed by atoms with Gasteiger partial charge in [0.05, 0.1) is 6.26 Å². The van der Waals surface area contributed by atoms with E-state index >= 15 is 0 Å². The molecule has 0 saturated carbocycles. The SMILES string of the molecule is CS(=O)(=O)Nc1ccc(C(=O)COC(=O)c2cc3c(s2)CCCC3)cc1. The zero-order valence-corrected chi connectivity index (χ0v) is 15.9. The van der Waals surface area contributed by atoms with Gasteiger partial charge in [-0.1, -0.05) is 0 Å². The van der Waals surface area contributed by atoms with Crippen LogP contribution < -0.4 is 4.72 Å². The first-order valence-corrected chi connectivity index (χ1v) is 10.9. The molecule has 0 saturated heterocycles. The Balaban J connectivity index is 1.58. The smallest absolute Gasteiger partial charge is 0.348 e. The summed E-state index contributed by atoms with van der Waals surface area (Å²) >= 11 is 1.45. The second kappa shape index (κ2) is 7.59. The number of sulfonamides is 1. The third kappa shape index (κ3) is 4.70. The van der Waals surface area contributed by atoms with E-state index in [1.807, 2.05) is 6.07 Å². The molecule has 1 N–H and O–H groups in total. The Bertz CT molecular complexity index is 905. The number of thiophene rings is 1. The average molecular weight is 393 g/mol. The van der Waals surface area contributed by atoms with E-state index in [9.17, 15) is 18.0 Å². The lowest BCUT2D eigenvalue weighted by Gasteiger charge is -2.08. The number of anilines is 1. The Morgan fingerprint density at radius 2 is 1.85 bits per heavy atom. The first-order valence-electron chi connectivity index (χ1n) is 8.21. The van der Waals surface area contributed by atoms with Gasteiger partial charge in [-0.2, -0.15) is 0 Å². The summed E-state index contributed by atoms with van der Waals surface area (Å²) in [6, 6.07) is 7.84. The van der Waals surface area contributed by atoms with Gasteiger partial charge in [0.2, 0.25) is 10.0 Å². The molecule has 0 radical (unpaired) electrons. The van der Waals surface area contributed by atoms with E-state index in [-0.39, 0.29) is 12.4 Å². The molecule has 0 amide bonds. The van der Waals surface area contributed by atoms with Crippen LogP contribution in [0.25, 0.3) is 0 Å². The maximum absolute atomic E-state index is 12.2. The minimum atomic E-state index is -3.37. The number of benzene rings is 1. The van der Waals surface area contributed by atoms with Crippen molar-refractivity contribution in [2.75, 3.05) is 17.6 Å². The molecule has 6 nitrogen and oxygen atoms in total. The predicted octanol–water partition coefficient (Wildman–Crippen LogP) is 3.04. The van der Waals surface area contributed by atoms with Crippen LogP contribution in [-0.4, -0.2) is 33.0 Å². The fraction of sp³-hybridized carbons (Fsp3) is 0.333. The van der Waals surface area contributed by atoms with E-state index in [0.717, 1.165) is 31.9 Å². The quantitative estimate of drug-likeness (QED) is 0.602. The van der Waals surface area contributed by atoms with Gasteiger partial charge in [0.25, 0.3) is 0 Å². The van der Waals surface area contributed by atoms with Crippen molar-refractivity contribution < 1.29 is 22.7 Å². The normalized spacial score (nSPS) is 13.7. The van der Waals surface area contributed by atoms with Gasteiger partial charge in [0.15, 0.2) is 12.4 Å². The lowest BCUT2D eigenvalue weighted by Crippen LogP contribution is -2.14. The van der Waals surface area contributed by atoms with Crippen LogP contribution in [0, 0.1) is 0 Å². The lowest BCUT2D eigenvalue weighted by atomic mass is 9.99. The first-order chi connectivity index (χ1) is 12.3. The minimum absolute atomic E-state index is 0.342. The van der Waals surface area contributed by atoms with Crippen molar-refractivity contribution in [3.63, 3.8) is 0 Å². The zero-order chi connectivity index (χ0) is 18.7. The van der Waals surface area contributed by atoms with Gasteiger partial charge in [-0.05, 0) is 61.6 Å². The number of hydrogen-bond acceptors (Lipinski definition) is 6. The summed E-state index contributed by atoms with van der Waals surface area (Å²) in [5.74, 6) is -0.821. The number of hydrogen-bond donors (Lipinski definition) is 1. The molecule has 1 aromatic carbocycles. The number of carbonyl (C=O) groups excluding carboxylic acids is 2. The van der Waals surface area contributed by atoms with Gasteiger partial charge in [-0.25, -0.2) is 13.2 Å². The number of carbonyl (C=O) groups is 2. The summed E-state index contributed by atoms with van der Waals surface area (Å²) in [4.78, 5) is 26.1. The molecule has 0 fully saturated rings. The fourth-order valence-corrected chi connectivity index (χ4v) is 4.53.